The average Bonchev–Trinajstić information content (AvgIpc) is 3.20. The summed E-state index contributed by atoms with van der Waals surface area (Å²) in [4.78, 5) is 34.9. The first-order valence-corrected chi connectivity index (χ1v) is 26.1. The first-order chi connectivity index (χ1) is 28.3. The number of ether oxygens (including phenoxy) is 2. The third kappa shape index (κ3) is 44.1. The first-order valence-electron chi connectivity index (χ1n) is 24.6. The molecule has 8 nitrogen and oxygen atoms in total. The van der Waals surface area contributed by atoms with Crippen molar-refractivity contribution in [3.63, 3.8) is 0 Å². The number of hydrogen-bond donors (Lipinski definition) is 1. The van der Waals surface area contributed by atoms with Crippen LogP contribution in [0.3, 0.4) is 0 Å². The lowest BCUT2D eigenvalue weighted by Gasteiger charge is -2.19. The molecule has 2 unspecified atom stereocenters. The number of hydrogen-bond acceptors (Lipinski definition) is 7. The van der Waals surface area contributed by atoms with Gasteiger partial charge in [-0.1, -0.05) is 212 Å². The summed E-state index contributed by atoms with van der Waals surface area (Å²) in [5, 5.41) is 0. The van der Waals surface area contributed by atoms with E-state index in [9.17, 15) is 19.0 Å². The van der Waals surface area contributed by atoms with Gasteiger partial charge in [-0.05, 0) is 51.9 Å². The summed E-state index contributed by atoms with van der Waals surface area (Å²) in [5.41, 5.74) is 0. The van der Waals surface area contributed by atoms with Gasteiger partial charge in [0.1, 0.15) is 6.61 Å². The van der Waals surface area contributed by atoms with Gasteiger partial charge < -0.3 is 14.4 Å². The molecule has 0 heterocycles. The minimum absolute atomic E-state index is 0.00244. The maximum atomic E-state index is 12.6. The number of phosphoric ester groups is 1. The molecule has 0 rings (SSSR count). The van der Waals surface area contributed by atoms with Gasteiger partial charge in [-0.15, -0.1) is 0 Å². The minimum atomic E-state index is -4.28. The quantitative estimate of drug-likeness (QED) is 0.0279. The number of carbonyl (C=O) groups excluding carboxylic acids is 2. The Hall–Kier alpha value is -1.47. The van der Waals surface area contributed by atoms with E-state index in [1.54, 1.807) is 6.92 Å². The Morgan fingerprint density at radius 1 is 0.466 bits per heavy atom. The summed E-state index contributed by atoms with van der Waals surface area (Å²) in [6.45, 7) is 5.51. The highest BCUT2D eigenvalue weighted by Crippen LogP contribution is 2.43. The molecule has 0 aliphatic heterocycles. The maximum Gasteiger partial charge on any atom is 0.472 e. The molecule has 0 aliphatic carbocycles. The van der Waals surface area contributed by atoms with Gasteiger partial charge in [-0.3, -0.25) is 18.6 Å². The largest absolute Gasteiger partial charge is 0.472 e. The SMILES string of the molecule is CCCCCCC/C=C\C/C=C\CCCCCCCCCCCCCC(=O)OC(COC(=O)CCCCCCCCCCCCCCCCC)COP(=O)(O)OCC. The van der Waals surface area contributed by atoms with Crippen LogP contribution in [0, 0.1) is 0 Å². The smallest absolute Gasteiger partial charge is 0.462 e. The fraction of sp³-hybridized carbons (Fsp3) is 0.878. The van der Waals surface area contributed by atoms with Crippen LogP contribution in [-0.2, 0) is 32.7 Å². The third-order valence-electron chi connectivity index (χ3n) is 10.8. The molecule has 0 saturated carbocycles. The predicted molar refractivity (Wildman–Crippen MR) is 244 cm³/mol. The van der Waals surface area contributed by atoms with E-state index in [1.807, 2.05) is 0 Å². The standard InChI is InChI=1S/C49H93O8P/c1-4-7-9-11-13-15-17-19-21-22-23-24-25-26-27-28-30-32-34-36-38-40-42-44-49(51)57-47(46-56-58(52,53)55-6-3)45-54-48(50)43-41-39-37-35-33-31-29-20-18-16-14-12-10-8-5-2/h17,19,22-23,47H,4-16,18,20-21,24-46H2,1-3H3,(H,52,53)/b19-17-,23-22-. The lowest BCUT2D eigenvalue weighted by Crippen LogP contribution is -2.29. The average molecular weight is 841 g/mol. The van der Waals surface area contributed by atoms with Crippen LogP contribution in [0.5, 0.6) is 0 Å². The number of phosphoric acid groups is 1. The highest BCUT2D eigenvalue weighted by Gasteiger charge is 2.25. The molecule has 9 heteroatoms. The molecule has 0 amide bonds. The van der Waals surface area contributed by atoms with Crippen molar-refractivity contribution in [2.75, 3.05) is 19.8 Å². The van der Waals surface area contributed by atoms with E-state index in [4.69, 9.17) is 18.5 Å². The van der Waals surface area contributed by atoms with E-state index in [1.165, 1.54) is 173 Å². The summed E-state index contributed by atoms with van der Waals surface area (Å²) in [5.74, 6) is -0.787. The zero-order chi connectivity index (χ0) is 42.5. The van der Waals surface area contributed by atoms with Gasteiger partial charge in [0.2, 0.25) is 0 Å². The molecule has 0 aromatic heterocycles. The van der Waals surface area contributed by atoms with E-state index in [2.05, 4.69) is 38.2 Å². The Morgan fingerprint density at radius 3 is 1.22 bits per heavy atom. The number of esters is 2. The number of carbonyl (C=O) groups is 2. The fourth-order valence-electron chi connectivity index (χ4n) is 7.13. The van der Waals surface area contributed by atoms with Gasteiger partial charge in [0, 0.05) is 12.8 Å². The van der Waals surface area contributed by atoms with E-state index in [0.717, 1.165) is 38.5 Å². The van der Waals surface area contributed by atoms with Crippen molar-refractivity contribution in [3.05, 3.63) is 24.3 Å². The van der Waals surface area contributed by atoms with Crippen LogP contribution < -0.4 is 0 Å². The molecule has 0 aromatic rings. The van der Waals surface area contributed by atoms with Crippen LogP contribution in [0.2, 0.25) is 0 Å². The normalized spacial score (nSPS) is 13.4. The fourth-order valence-corrected chi connectivity index (χ4v) is 7.89. The lowest BCUT2D eigenvalue weighted by atomic mass is 10.0. The van der Waals surface area contributed by atoms with Crippen LogP contribution >= 0.6 is 7.82 Å². The van der Waals surface area contributed by atoms with Crippen molar-refractivity contribution >= 4 is 19.8 Å². The Bertz CT molecular complexity index is 999. The van der Waals surface area contributed by atoms with Crippen molar-refractivity contribution in [1.82, 2.24) is 0 Å². The van der Waals surface area contributed by atoms with Gasteiger partial charge in [0.15, 0.2) is 6.10 Å². The second-order valence-corrected chi connectivity index (χ2v) is 17.9. The molecular formula is C49H93O8P. The van der Waals surface area contributed by atoms with E-state index in [0.29, 0.717) is 12.8 Å². The zero-order valence-electron chi connectivity index (χ0n) is 38.2. The molecule has 0 fully saturated rings. The highest BCUT2D eigenvalue weighted by molar-refractivity contribution is 7.47. The zero-order valence-corrected chi connectivity index (χ0v) is 39.1. The molecule has 0 aromatic carbocycles. The van der Waals surface area contributed by atoms with Crippen molar-refractivity contribution in [1.29, 1.82) is 0 Å². The Balaban J connectivity index is 3.96. The Morgan fingerprint density at radius 2 is 0.828 bits per heavy atom. The maximum absolute atomic E-state index is 12.6. The Kier molecular flexibility index (Phi) is 43.9. The lowest BCUT2D eigenvalue weighted by molar-refractivity contribution is -0.161. The van der Waals surface area contributed by atoms with Crippen LogP contribution in [0.1, 0.15) is 252 Å². The van der Waals surface area contributed by atoms with Crippen molar-refractivity contribution < 1.29 is 37.6 Å². The monoisotopic (exact) mass is 841 g/mol. The van der Waals surface area contributed by atoms with Crippen LogP contribution in [0.4, 0.5) is 0 Å². The summed E-state index contributed by atoms with van der Waals surface area (Å²) >= 11 is 0. The summed E-state index contributed by atoms with van der Waals surface area (Å²) in [6.07, 6.45) is 50.9. The van der Waals surface area contributed by atoms with Crippen LogP contribution in [0.25, 0.3) is 0 Å². The molecule has 0 saturated heterocycles. The van der Waals surface area contributed by atoms with Gasteiger partial charge >= 0.3 is 19.8 Å². The molecule has 2 atom stereocenters. The molecule has 342 valence electrons. The van der Waals surface area contributed by atoms with Gasteiger partial charge in [0.25, 0.3) is 0 Å². The van der Waals surface area contributed by atoms with Crippen molar-refractivity contribution in [3.8, 4) is 0 Å². The molecule has 0 aliphatic rings. The van der Waals surface area contributed by atoms with Gasteiger partial charge in [0.05, 0.1) is 13.2 Å². The second kappa shape index (κ2) is 45.1. The molecular weight excluding hydrogens is 748 g/mol. The van der Waals surface area contributed by atoms with Crippen LogP contribution in [-0.4, -0.2) is 42.8 Å². The second-order valence-electron chi connectivity index (χ2n) is 16.5. The van der Waals surface area contributed by atoms with Crippen molar-refractivity contribution in [2.24, 2.45) is 0 Å². The molecule has 0 bridgehead atoms. The number of rotatable bonds is 46. The first kappa shape index (κ1) is 56.5. The summed E-state index contributed by atoms with van der Waals surface area (Å²) in [6, 6.07) is 0. The number of unbranched alkanes of at least 4 members (excludes halogenated alkanes) is 30. The van der Waals surface area contributed by atoms with Crippen LogP contribution in [0.15, 0.2) is 24.3 Å². The molecule has 58 heavy (non-hydrogen) atoms. The summed E-state index contributed by atoms with van der Waals surface area (Å²) < 4.78 is 32.8. The van der Waals surface area contributed by atoms with Gasteiger partial charge in [-0.2, -0.15) is 0 Å². The predicted octanol–water partition coefficient (Wildman–Crippen LogP) is 15.8. The van der Waals surface area contributed by atoms with E-state index < -0.39 is 19.9 Å². The molecule has 0 radical (unpaired) electrons. The van der Waals surface area contributed by atoms with Gasteiger partial charge in [-0.25, -0.2) is 4.57 Å². The topological polar surface area (TPSA) is 108 Å². The Labute approximate surface area is 358 Å². The van der Waals surface area contributed by atoms with E-state index >= 15 is 0 Å². The highest BCUT2D eigenvalue weighted by atomic mass is 31.2. The molecule has 1 N–H and O–H groups in total. The number of allylic oxidation sites excluding steroid dienone is 4. The third-order valence-corrected chi connectivity index (χ3v) is 11.8. The molecule has 0 spiro atoms. The van der Waals surface area contributed by atoms with E-state index in [-0.39, 0.29) is 32.2 Å². The summed E-state index contributed by atoms with van der Waals surface area (Å²) in [7, 11) is -4.28. The van der Waals surface area contributed by atoms with Crippen molar-refractivity contribution in [2.45, 2.75) is 258 Å². The minimum Gasteiger partial charge on any atom is -0.462 e.